The fourth-order valence-electron chi connectivity index (χ4n) is 2.38. The van der Waals surface area contributed by atoms with E-state index < -0.39 is 5.97 Å². The highest BCUT2D eigenvalue weighted by Crippen LogP contribution is 2.31. The van der Waals surface area contributed by atoms with Gasteiger partial charge in [-0.15, -0.1) is 0 Å². The van der Waals surface area contributed by atoms with Crippen LogP contribution in [0.3, 0.4) is 0 Å². The Morgan fingerprint density at radius 2 is 1.70 bits per heavy atom. The summed E-state index contributed by atoms with van der Waals surface area (Å²) in [6, 6.07) is 9.41. The zero-order chi connectivity index (χ0) is 14.9. The second-order valence-corrected chi connectivity index (χ2v) is 5.03. The van der Waals surface area contributed by atoms with Crippen LogP contribution in [-0.4, -0.2) is 18.2 Å². The number of hydrogen-bond acceptors (Lipinski definition) is 2. The maximum Gasteiger partial charge on any atom is 0.335 e. The number of ether oxygens (including phenoxy) is 1. The highest BCUT2D eigenvalue weighted by molar-refractivity contribution is 5.90. The van der Waals surface area contributed by atoms with E-state index in [1.165, 1.54) is 0 Å². The molecular weight excluding hydrogens is 252 g/mol. The van der Waals surface area contributed by atoms with Crippen LogP contribution in [0.5, 0.6) is 5.75 Å². The Hall–Kier alpha value is -2.29. The van der Waals surface area contributed by atoms with Gasteiger partial charge < -0.3 is 9.84 Å². The first-order chi connectivity index (χ1) is 9.42. The average molecular weight is 270 g/mol. The Labute approximate surface area is 118 Å². The Bertz CT molecular complexity index is 672. The first kappa shape index (κ1) is 14.1. The van der Waals surface area contributed by atoms with Crippen molar-refractivity contribution >= 4 is 5.97 Å². The minimum atomic E-state index is -0.905. The van der Waals surface area contributed by atoms with Gasteiger partial charge in [0.2, 0.25) is 0 Å². The second kappa shape index (κ2) is 5.37. The van der Waals surface area contributed by atoms with Crippen molar-refractivity contribution in [2.24, 2.45) is 0 Å². The molecule has 20 heavy (non-hydrogen) atoms. The van der Waals surface area contributed by atoms with Crippen LogP contribution < -0.4 is 4.74 Å². The number of carboxylic acid groups (broad SMARTS) is 1. The van der Waals surface area contributed by atoms with Crippen molar-refractivity contribution in [2.45, 2.75) is 20.8 Å². The van der Waals surface area contributed by atoms with E-state index in [0.717, 1.165) is 33.6 Å². The topological polar surface area (TPSA) is 46.5 Å². The van der Waals surface area contributed by atoms with Crippen molar-refractivity contribution in [3.05, 3.63) is 52.6 Å². The summed E-state index contributed by atoms with van der Waals surface area (Å²) in [5.41, 5.74) is 5.31. The van der Waals surface area contributed by atoms with Gasteiger partial charge in [-0.05, 0) is 72.9 Å². The smallest absolute Gasteiger partial charge is 0.335 e. The van der Waals surface area contributed by atoms with Gasteiger partial charge in [-0.2, -0.15) is 0 Å². The number of methoxy groups -OCH3 is 1. The molecule has 0 aliphatic carbocycles. The second-order valence-electron chi connectivity index (χ2n) is 5.03. The van der Waals surface area contributed by atoms with Crippen molar-refractivity contribution in [1.29, 1.82) is 0 Å². The number of benzene rings is 2. The van der Waals surface area contributed by atoms with Crippen LogP contribution in [0.25, 0.3) is 11.1 Å². The van der Waals surface area contributed by atoms with Crippen molar-refractivity contribution in [1.82, 2.24) is 0 Å². The Balaban J connectivity index is 2.62. The van der Waals surface area contributed by atoms with Crippen molar-refractivity contribution < 1.29 is 14.6 Å². The minimum absolute atomic E-state index is 0.313. The molecule has 3 nitrogen and oxygen atoms in total. The summed E-state index contributed by atoms with van der Waals surface area (Å²) in [4.78, 5) is 11.2. The molecule has 1 N–H and O–H groups in total. The Morgan fingerprint density at radius 1 is 1.00 bits per heavy atom. The SMILES string of the molecule is COc1cc(C)c(-c2cc(C)cc(C(=O)O)c2)cc1C. The summed E-state index contributed by atoms with van der Waals surface area (Å²) in [5.74, 6) is -0.0600. The van der Waals surface area contributed by atoms with Crippen LogP contribution in [0.1, 0.15) is 27.0 Å². The van der Waals surface area contributed by atoms with E-state index in [2.05, 4.69) is 0 Å². The fourth-order valence-corrected chi connectivity index (χ4v) is 2.38. The third-order valence-electron chi connectivity index (χ3n) is 3.38. The number of rotatable bonds is 3. The minimum Gasteiger partial charge on any atom is -0.496 e. The van der Waals surface area contributed by atoms with E-state index in [0.29, 0.717) is 5.56 Å². The molecule has 3 heteroatoms. The number of carboxylic acids is 1. The Morgan fingerprint density at radius 3 is 2.30 bits per heavy atom. The lowest BCUT2D eigenvalue weighted by atomic mass is 9.95. The summed E-state index contributed by atoms with van der Waals surface area (Å²) < 4.78 is 5.31. The van der Waals surface area contributed by atoms with Gasteiger partial charge in [0, 0.05) is 0 Å². The lowest BCUT2D eigenvalue weighted by molar-refractivity contribution is 0.0697. The van der Waals surface area contributed by atoms with Crippen LogP contribution in [0.4, 0.5) is 0 Å². The van der Waals surface area contributed by atoms with Gasteiger partial charge in [0.1, 0.15) is 5.75 Å². The van der Waals surface area contributed by atoms with Crippen LogP contribution in [0.15, 0.2) is 30.3 Å². The summed E-state index contributed by atoms with van der Waals surface area (Å²) in [6.45, 7) is 5.89. The molecule has 0 radical (unpaired) electrons. The molecule has 104 valence electrons. The standard InChI is InChI=1S/C17H18O3/c1-10-5-13(9-14(6-10)17(18)19)15-7-12(3)16(20-4)8-11(15)2/h5-9H,1-4H3,(H,18,19). The van der Waals surface area contributed by atoms with E-state index >= 15 is 0 Å². The predicted molar refractivity (Wildman–Crippen MR) is 79.6 cm³/mol. The normalized spacial score (nSPS) is 10.4. The van der Waals surface area contributed by atoms with Gasteiger partial charge in [-0.25, -0.2) is 4.79 Å². The van der Waals surface area contributed by atoms with Gasteiger partial charge in [-0.1, -0.05) is 6.07 Å². The fraction of sp³-hybridized carbons (Fsp3) is 0.235. The molecule has 0 atom stereocenters. The monoisotopic (exact) mass is 270 g/mol. The molecule has 0 aliphatic heterocycles. The van der Waals surface area contributed by atoms with E-state index in [-0.39, 0.29) is 0 Å². The molecule has 0 amide bonds. The van der Waals surface area contributed by atoms with E-state index in [9.17, 15) is 4.79 Å². The van der Waals surface area contributed by atoms with Crippen molar-refractivity contribution in [3.8, 4) is 16.9 Å². The molecule has 2 rings (SSSR count). The first-order valence-corrected chi connectivity index (χ1v) is 6.43. The third kappa shape index (κ3) is 2.67. The van der Waals surface area contributed by atoms with Gasteiger partial charge in [0.05, 0.1) is 12.7 Å². The average Bonchev–Trinajstić information content (AvgIpc) is 2.40. The van der Waals surface area contributed by atoms with Crippen molar-refractivity contribution in [2.75, 3.05) is 7.11 Å². The number of hydrogen-bond donors (Lipinski definition) is 1. The highest BCUT2D eigenvalue weighted by Gasteiger charge is 2.10. The molecule has 2 aromatic carbocycles. The maximum atomic E-state index is 11.2. The molecule has 0 saturated carbocycles. The lowest BCUT2D eigenvalue weighted by Crippen LogP contribution is -1.98. The molecule has 0 fully saturated rings. The summed E-state index contributed by atoms with van der Waals surface area (Å²) in [6.07, 6.45) is 0. The first-order valence-electron chi connectivity index (χ1n) is 6.43. The zero-order valence-corrected chi connectivity index (χ0v) is 12.2. The third-order valence-corrected chi connectivity index (χ3v) is 3.38. The Kier molecular flexibility index (Phi) is 3.79. The van der Waals surface area contributed by atoms with Crippen LogP contribution in [0, 0.1) is 20.8 Å². The van der Waals surface area contributed by atoms with Crippen LogP contribution in [0.2, 0.25) is 0 Å². The number of aryl methyl sites for hydroxylation is 3. The van der Waals surface area contributed by atoms with E-state index in [1.807, 2.05) is 39.0 Å². The molecule has 0 saturated heterocycles. The van der Waals surface area contributed by atoms with E-state index in [4.69, 9.17) is 9.84 Å². The van der Waals surface area contributed by atoms with E-state index in [1.54, 1.807) is 19.2 Å². The van der Waals surface area contributed by atoms with Crippen LogP contribution >= 0.6 is 0 Å². The molecule has 0 heterocycles. The quantitative estimate of drug-likeness (QED) is 0.917. The zero-order valence-electron chi connectivity index (χ0n) is 12.2. The predicted octanol–water partition coefficient (Wildman–Crippen LogP) is 3.99. The highest BCUT2D eigenvalue weighted by atomic mass is 16.5. The summed E-state index contributed by atoms with van der Waals surface area (Å²) in [5, 5.41) is 9.17. The summed E-state index contributed by atoms with van der Waals surface area (Å²) >= 11 is 0. The van der Waals surface area contributed by atoms with Gasteiger partial charge >= 0.3 is 5.97 Å². The number of carbonyl (C=O) groups is 1. The summed E-state index contributed by atoms with van der Waals surface area (Å²) in [7, 11) is 1.65. The molecule has 0 unspecified atom stereocenters. The molecule has 2 aromatic rings. The van der Waals surface area contributed by atoms with Gasteiger partial charge in [0.25, 0.3) is 0 Å². The molecule has 0 bridgehead atoms. The largest absolute Gasteiger partial charge is 0.496 e. The van der Waals surface area contributed by atoms with Crippen molar-refractivity contribution in [3.63, 3.8) is 0 Å². The molecule has 0 aliphatic rings. The van der Waals surface area contributed by atoms with Gasteiger partial charge in [0.15, 0.2) is 0 Å². The van der Waals surface area contributed by atoms with Crippen LogP contribution in [-0.2, 0) is 0 Å². The number of aromatic carboxylic acids is 1. The maximum absolute atomic E-state index is 11.2. The molecule has 0 spiro atoms. The van der Waals surface area contributed by atoms with Gasteiger partial charge in [-0.3, -0.25) is 0 Å². The lowest BCUT2D eigenvalue weighted by Gasteiger charge is -2.13. The molecule has 0 aromatic heterocycles. The molecular formula is C17H18O3.